The topological polar surface area (TPSA) is 72.3 Å². The molecule has 0 radical (unpaired) electrons. The van der Waals surface area contributed by atoms with E-state index in [1.165, 1.54) is 6.20 Å². The maximum atomic E-state index is 12.1. The van der Waals surface area contributed by atoms with E-state index in [1.54, 1.807) is 9.47 Å². The molecule has 0 spiro atoms. The van der Waals surface area contributed by atoms with E-state index in [4.69, 9.17) is 10.7 Å². The Morgan fingerprint density at radius 2 is 2.00 bits per heavy atom. The van der Waals surface area contributed by atoms with Crippen LogP contribution in [0.4, 0.5) is 0 Å². The van der Waals surface area contributed by atoms with Crippen LogP contribution in [0, 0.1) is 0 Å². The second-order valence-electron chi connectivity index (χ2n) is 5.25. The van der Waals surface area contributed by atoms with Crippen molar-refractivity contribution in [3.05, 3.63) is 12.0 Å². The molecule has 1 aromatic rings. The molecule has 0 bridgehead atoms. The molecule has 0 unspecified atom stereocenters. The van der Waals surface area contributed by atoms with Gasteiger partial charge in [0.2, 0.25) is 5.91 Å². The van der Waals surface area contributed by atoms with Crippen LogP contribution in [0.2, 0.25) is 0 Å². The third-order valence-electron chi connectivity index (χ3n) is 3.32. The molecular weight excluding hydrogens is 302 g/mol. The molecule has 0 N–H and O–H groups in total. The number of carbonyl (C=O) groups is 1. The number of hydrogen-bond donors (Lipinski definition) is 0. The SMILES string of the molecule is CC(C)c1nc(S(=O)(=O)Cl)cn1CC(=O)N1CCCC1. The van der Waals surface area contributed by atoms with Gasteiger partial charge in [-0.05, 0) is 12.8 Å². The molecule has 20 heavy (non-hydrogen) atoms. The Kier molecular flexibility index (Phi) is 4.39. The van der Waals surface area contributed by atoms with Gasteiger partial charge in [0.25, 0.3) is 9.05 Å². The highest BCUT2D eigenvalue weighted by Crippen LogP contribution is 2.20. The van der Waals surface area contributed by atoms with Gasteiger partial charge >= 0.3 is 0 Å². The second-order valence-corrected chi connectivity index (χ2v) is 7.76. The number of hydrogen-bond acceptors (Lipinski definition) is 4. The summed E-state index contributed by atoms with van der Waals surface area (Å²) in [7, 11) is 1.44. The molecule has 1 aromatic heterocycles. The number of carbonyl (C=O) groups excluding carboxylic acids is 1. The van der Waals surface area contributed by atoms with Crippen LogP contribution < -0.4 is 0 Å². The lowest BCUT2D eigenvalue weighted by Gasteiger charge is -2.17. The monoisotopic (exact) mass is 319 g/mol. The van der Waals surface area contributed by atoms with Crippen molar-refractivity contribution in [2.75, 3.05) is 13.1 Å². The van der Waals surface area contributed by atoms with Crippen LogP contribution in [0.3, 0.4) is 0 Å². The summed E-state index contributed by atoms with van der Waals surface area (Å²) in [4.78, 5) is 18.0. The Hall–Kier alpha value is -1.08. The zero-order chi connectivity index (χ0) is 14.9. The normalized spacial score (nSPS) is 16.1. The summed E-state index contributed by atoms with van der Waals surface area (Å²) in [5.41, 5.74) is 0. The number of likely N-dealkylation sites (tertiary alicyclic amines) is 1. The van der Waals surface area contributed by atoms with Crippen molar-refractivity contribution in [1.29, 1.82) is 0 Å². The highest BCUT2D eigenvalue weighted by molar-refractivity contribution is 8.13. The zero-order valence-electron chi connectivity index (χ0n) is 11.5. The predicted molar refractivity (Wildman–Crippen MR) is 75.2 cm³/mol. The van der Waals surface area contributed by atoms with Gasteiger partial charge in [-0.2, -0.15) is 0 Å². The Bertz CT molecular complexity index is 603. The van der Waals surface area contributed by atoms with Crippen LogP contribution in [0.25, 0.3) is 0 Å². The molecule has 8 heteroatoms. The summed E-state index contributed by atoms with van der Waals surface area (Å²) in [6, 6.07) is 0. The summed E-state index contributed by atoms with van der Waals surface area (Å²) < 4.78 is 24.3. The minimum Gasteiger partial charge on any atom is -0.341 e. The molecule has 1 saturated heterocycles. The Morgan fingerprint density at radius 1 is 1.40 bits per heavy atom. The van der Waals surface area contributed by atoms with Gasteiger partial charge in [-0.1, -0.05) is 13.8 Å². The Balaban J connectivity index is 2.25. The molecule has 0 aromatic carbocycles. The standard InChI is InChI=1S/C12H18ClN3O3S/c1-9(2)12-14-10(20(13,18)19)7-16(12)8-11(17)15-5-3-4-6-15/h7,9H,3-6,8H2,1-2H3. The minimum absolute atomic E-state index is 0.00791. The molecule has 0 aliphatic carbocycles. The van der Waals surface area contributed by atoms with Gasteiger partial charge < -0.3 is 9.47 Å². The molecule has 1 amide bonds. The third kappa shape index (κ3) is 3.32. The van der Waals surface area contributed by atoms with E-state index in [0.717, 1.165) is 25.9 Å². The van der Waals surface area contributed by atoms with Crippen molar-refractivity contribution in [1.82, 2.24) is 14.5 Å². The van der Waals surface area contributed by atoms with Gasteiger partial charge in [0, 0.05) is 35.9 Å². The van der Waals surface area contributed by atoms with Crippen molar-refractivity contribution >= 4 is 25.6 Å². The molecule has 1 aliphatic rings. The van der Waals surface area contributed by atoms with E-state index >= 15 is 0 Å². The Labute approximate surface area is 123 Å². The van der Waals surface area contributed by atoms with Gasteiger partial charge in [0.05, 0.1) is 0 Å². The first-order valence-electron chi connectivity index (χ1n) is 6.58. The largest absolute Gasteiger partial charge is 0.341 e. The van der Waals surface area contributed by atoms with Crippen molar-refractivity contribution in [2.45, 2.75) is 44.2 Å². The van der Waals surface area contributed by atoms with Crippen molar-refractivity contribution < 1.29 is 13.2 Å². The fourth-order valence-corrected chi connectivity index (χ4v) is 3.00. The van der Waals surface area contributed by atoms with E-state index in [2.05, 4.69) is 4.98 Å². The molecule has 0 saturated carbocycles. The predicted octanol–water partition coefficient (Wildman–Crippen LogP) is 1.56. The third-order valence-corrected chi connectivity index (χ3v) is 4.49. The van der Waals surface area contributed by atoms with Crippen LogP contribution >= 0.6 is 10.7 Å². The molecule has 1 fully saturated rings. The average molecular weight is 320 g/mol. The fraction of sp³-hybridized carbons (Fsp3) is 0.667. The highest BCUT2D eigenvalue weighted by atomic mass is 35.7. The van der Waals surface area contributed by atoms with Crippen molar-refractivity contribution in [2.24, 2.45) is 0 Å². The van der Waals surface area contributed by atoms with Crippen LogP contribution in [-0.4, -0.2) is 41.9 Å². The molecule has 112 valence electrons. The zero-order valence-corrected chi connectivity index (χ0v) is 13.1. The van der Waals surface area contributed by atoms with Gasteiger partial charge in [0.15, 0.2) is 5.03 Å². The smallest absolute Gasteiger partial charge is 0.280 e. The van der Waals surface area contributed by atoms with Crippen LogP contribution in [0.1, 0.15) is 38.4 Å². The summed E-state index contributed by atoms with van der Waals surface area (Å²) in [6.07, 6.45) is 3.38. The molecular formula is C12H18ClN3O3S. The van der Waals surface area contributed by atoms with Crippen LogP contribution in [0.5, 0.6) is 0 Å². The number of rotatable bonds is 4. The first-order valence-corrected chi connectivity index (χ1v) is 8.89. The van der Waals surface area contributed by atoms with E-state index in [0.29, 0.717) is 5.82 Å². The lowest BCUT2D eigenvalue weighted by Crippen LogP contribution is -2.31. The first-order chi connectivity index (χ1) is 9.29. The average Bonchev–Trinajstić information content (AvgIpc) is 2.96. The quantitative estimate of drug-likeness (QED) is 0.789. The highest BCUT2D eigenvalue weighted by Gasteiger charge is 2.23. The number of amides is 1. The van der Waals surface area contributed by atoms with Crippen molar-refractivity contribution in [3.63, 3.8) is 0 Å². The molecule has 6 nitrogen and oxygen atoms in total. The summed E-state index contributed by atoms with van der Waals surface area (Å²) >= 11 is 0. The molecule has 1 aliphatic heterocycles. The van der Waals surface area contributed by atoms with Gasteiger partial charge in [0.1, 0.15) is 12.4 Å². The second kappa shape index (κ2) is 5.73. The minimum atomic E-state index is -3.88. The lowest BCUT2D eigenvalue weighted by molar-refractivity contribution is -0.130. The van der Waals surface area contributed by atoms with Crippen molar-refractivity contribution in [3.8, 4) is 0 Å². The number of imidazole rings is 1. The number of nitrogens with zero attached hydrogens (tertiary/aromatic N) is 3. The van der Waals surface area contributed by atoms with Gasteiger partial charge in [-0.15, -0.1) is 0 Å². The fourth-order valence-electron chi connectivity index (χ4n) is 2.32. The summed E-state index contributed by atoms with van der Waals surface area (Å²) in [5, 5.41) is -0.197. The number of halogens is 1. The summed E-state index contributed by atoms with van der Waals surface area (Å²) in [6.45, 7) is 5.43. The van der Waals surface area contributed by atoms with E-state index < -0.39 is 9.05 Å². The summed E-state index contributed by atoms with van der Waals surface area (Å²) in [5.74, 6) is 0.547. The number of aromatic nitrogens is 2. The van der Waals surface area contributed by atoms with E-state index in [9.17, 15) is 13.2 Å². The van der Waals surface area contributed by atoms with E-state index in [1.807, 2.05) is 13.8 Å². The van der Waals surface area contributed by atoms with Gasteiger partial charge in [-0.25, -0.2) is 13.4 Å². The van der Waals surface area contributed by atoms with Crippen LogP contribution in [-0.2, 0) is 20.4 Å². The van der Waals surface area contributed by atoms with E-state index in [-0.39, 0.29) is 23.4 Å². The molecule has 0 atom stereocenters. The Morgan fingerprint density at radius 3 is 2.50 bits per heavy atom. The molecule has 2 heterocycles. The molecule has 2 rings (SSSR count). The first kappa shape index (κ1) is 15.3. The lowest BCUT2D eigenvalue weighted by atomic mass is 10.2. The van der Waals surface area contributed by atoms with Crippen LogP contribution in [0.15, 0.2) is 11.2 Å². The van der Waals surface area contributed by atoms with Gasteiger partial charge in [-0.3, -0.25) is 4.79 Å². The maximum Gasteiger partial charge on any atom is 0.280 e. The maximum absolute atomic E-state index is 12.1.